The first-order valence-electron chi connectivity index (χ1n) is 10.5. The lowest BCUT2D eigenvalue weighted by molar-refractivity contribution is -0.113. The first-order valence-corrected chi connectivity index (χ1v) is 11.9. The van der Waals surface area contributed by atoms with Crippen molar-refractivity contribution >= 4 is 35.0 Å². The summed E-state index contributed by atoms with van der Waals surface area (Å²) in [6.45, 7) is 2.96. The molecule has 0 aliphatic carbocycles. The van der Waals surface area contributed by atoms with Crippen LogP contribution < -0.4 is 10.1 Å². The van der Waals surface area contributed by atoms with Crippen molar-refractivity contribution in [1.29, 1.82) is 0 Å². The third-order valence-electron chi connectivity index (χ3n) is 4.91. The Bertz CT molecular complexity index is 1210. The fourth-order valence-electron chi connectivity index (χ4n) is 3.31. The number of thioether (sulfide) groups is 1. The molecule has 0 unspecified atom stereocenters. The topological polar surface area (TPSA) is 69.0 Å². The van der Waals surface area contributed by atoms with Crippen LogP contribution in [0, 0.1) is 0 Å². The number of rotatable bonds is 9. The van der Waals surface area contributed by atoms with Crippen LogP contribution in [-0.4, -0.2) is 26.4 Å². The number of halogens is 1. The van der Waals surface area contributed by atoms with Gasteiger partial charge in [0, 0.05) is 22.8 Å². The van der Waals surface area contributed by atoms with E-state index >= 15 is 0 Å². The van der Waals surface area contributed by atoms with Crippen LogP contribution in [0.2, 0.25) is 5.02 Å². The second-order valence-electron chi connectivity index (χ2n) is 7.13. The van der Waals surface area contributed by atoms with Crippen LogP contribution in [0.25, 0.3) is 11.1 Å². The highest BCUT2D eigenvalue weighted by Gasteiger charge is 2.15. The van der Waals surface area contributed by atoms with Gasteiger partial charge in [-0.1, -0.05) is 71.9 Å². The molecule has 168 valence electrons. The Balaban J connectivity index is 1.38. The summed E-state index contributed by atoms with van der Waals surface area (Å²) in [6, 6.07) is 24.9. The number of hydrogen-bond donors (Lipinski definition) is 1. The fraction of sp³-hybridized carbons (Fsp3) is 0.160. The van der Waals surface area contributed by atoms with E-state index in [1.165, 1.54) is 11.8 Å². The lowest BCUT2D eigenvalue weighted by Gasteiger charge is -2.11. The highest BCUT2D eigenvalue weighted by molar-refractivity contribution is 7.99. The number of para-hydroxylation sites is 1. The Labute approximate surface area is 202 Å². The van der Waals surface area contributed by atoms with Crippen LogP contribution in [0.1, 0.15) is 12.7 Å². The van der Waals surface area contributed by atoms with Crippen molar-refractivity contribution < 1.29 is 9.53 Å². The molecular formula is C25H23ClN4O2S. The van der Waals surface area contributed by atoms with E-state index < -0.39 is 0 Å². The summed E-state index contributed by atoms with van der Waals surface area (Å²) in [6.07, 6.45) is 0. The van der Waals surface area contributed by atoms with Crippen molar-refractivity contribution in [3.05, 3.63) is 89.7 Å². The molecule has 0 atom stereocenters. The van der Waals surface area contributed by atoms with E-state index in [4.69, 9.17) is 16.3 Å². The third-order valence-corrected chi connectivity index (χ3v) is 6.13. The van der Waals surface area contributed by atoms with Gasteiger partial charge in [-0.05, 0) is 42.8 Å². The molecule has 6 nitrogen and oxygen atoms in total. The molecule has 0 aliphatic rings. The maximum atomic E-state index is 12.7. The molecule has 0 aliphatic heterocycles. The summed E-state index contributed by atoms with van der Waals surface area (Å²) in [5.74, 6) is 1.52. The van der Waals surface area contributed by atoms with Gasteiger partial charge >= 0.3 is 0 Å². The largest absolute Gasteiger partial charge is 0.486 e. The van der Waals surface area contributed by atoms with Gasteiger partial charge in [-0.15, -0.1) is 10.2 Å². The predicted molar refractivity (Wildman–Crippen MR) is 133 cm³/mol. The molecule has 0 saturated heterocycles. The number of amides is 1. The molecule has 3 aromatic carbocycles. The van der Waals surface area contributed by atoms with E-state index in [1.807, 2.05) is 78.2 Å². The lowest BCUT2D eigenvalue weighted by Crippen LogP contribution is -2.15. The third kappa shape index (κ3) is 5.94. The quantitative estimate of drug-likeness (QED) is 0.302. The van der Waals surface area contributed by atoms with Gasteiger partial charge in [-0.25, -0.2) is 0 Å². The minimum Gasteiger partial charge on any atom is -0.486 e. The number of ether oxygens (including phenoxy) is 1. The number of anilines is 1. The number of carbonyl (C=O) groups is 1. The maximum absolute atomic E-state index is 12.7. The van der Waals surface area contributed by atoms with Gasteiger partial charge < -0.3 is 14.6 Å². The van der Waals surface area contributed by atoms with Crippen molar-refractivity contribution in [3.63, 3.8) is 0 Å². The Kier molecular flexibility index (Phi) is 7.65. The van der Waals surface area contributed by atoms with Gasteiger partial charge in [0.15, 0.2) is 11.0 Å². The van der Waals surface area contributed by atoms with E-state index in [0.29, 0.717) is 28.3 Å². The lowest BCUT2D eigenvalue weighted by atomic mass is 10.0. The summed E-state index contributed by atoms with van der Waals surface area (Å²) in [5, 5.41) is 12.9. The highest BCUT2D eigenvalue weighted by atomic mass is 35.5. The highest BCUT2D eigenvalue weighted by Crippen LogP contribution is 2.28. The second-order valence-corrected chi connectivity index (χ2v) is 8.51. The van der Waals surface area contributed by atoms with Crippen molar-refractivity contribution in [2.45, 2.75) is 25.2 Å². The molecule has 0 bridgehead atoms. The van der Waals surface area contributed by atoms with Crippen LogP contribution in [0.4, 0.5) is 5.69 Å². The second kappa shape index (κ2) is 11.0. The molecule has 8 heteroatoms. The Hall–Kier alpha value is -3.29. The number of aromatic nitrogens is 3. The molecular weight excluding hydrogens is 456 g/mol. The van der Waals surface area contributed by atoms with Crippen molar-refractivity contribution in [1.82, 2.24) is 14.8 Å². The minimum atomic E-state index is -0.104. The van der Waals surface area contributed by atoms with Crippen molar-refractivity contribution in [2.24, 2.45) is 0 Å². The van der Waals surface area contributed by atoms with E-state index in [9.17, 15) is 4.79 Å². The fourth-order valence-corrected chi connectivity index (χ4v) is 4.25. The van der Waals surface area contributed by atoms with Gasteiger partial charge in [0.05, 0.1) is 5.75 Å². The van der Waals surface area contributed by atoms with E-state index in [0.717, 1.165) is 16.8 Å². The first-order chi connectivity index (χ1) is 16.1. The molecule has 1 N–H and O–H groups in total. The first kappa shape index (κ1) is 22.9. The van der Waals surface area contributed by atoms with E-state index in [1.54, 1.807) is 12.1 Å². The number of benzene rings is 3. The molecule has 4 rings (SSSR count). The number of hydrogen-bond acceptors (Lipinski definition) is 5. The van der Waals surface area contributed by atoms with E-state index in [2.05, 4.69) is 15.5 Å². The number of nitrogens with zero attached hydrogens (tertiary/aromatic N) is 3. The standard InChI is InChI=1S/C25H23ClN4O2S/c1-2-30-23(16-32-20-14-12-19(26)13-15-20)28-29-25(30)33-17-24(31)27-22-11-7-6-10-21(22)18-8-4-3-5-9-18/h3-15H,2,16-17H2,1H3,(H,27,31). The number of carbonyl (C=O) groups excluding carboxylic acids is 1. The Morgan fingerprint density at radius 3 is 2.48 bits per heavy atom. The van der Waals surface area contributed by atoms with Gasteiger partial charge in [0.1, 0.15) is 12.4 Å². The van der Waals surface area contributed by atoms with Crippen LogP contribution in [0.5, 0.6) is 5.75 Å². The SMILES string of the molecule is CCn1c(COc2ccc(Cl)cc2)nnc1SCC(=O)Nc1ccccc1-c1ccccc1. The molecule has 0 spiro atoms. The van der Waals surface area contributed by atoms with Crippen LogP contribution in [0.3, 0.4) is 0 Å². The van der Waals surface area contributed by atoms with Gasteiger partial charge in [0.25, 0.3) is 0 Å². The smallest absolute Gasteiger partial charge is 0.234 e. The summed E-state index contributed by atoms with van der Waals surface area (Å²) < 4.78 is 7.74. The normalized spacial score (nSPS) is 10.7. The number of nitrogens with one attached hydrogen (secondary N) is 1. The summed E-state index contributed by atoms with van der Waals surface area (Å²) >= 11 is 7.26. The monoisotopic (exact) mass is 478 g/mol. The molecule has 1 heterocycles. The maximum Gasteiger partial charge on any atom is 0.234 e. The van der Waals surface area contributed by atoms with Crippen LogP contribution in [-0.2, 0) is 17.9 Å². The Morgan fingerprint density at radius 2 is 1.73 bits per heavy atom. The van der Waals surface area contributed by atoms with Crippen LogP contribution >= 0.6 is 23.4 Å². The van der Waals surface area contributed by atoms with Gasteiger partial charge in [-0.3, -0.25) is 4.79 Å². The zero-order valence-electron chi connectivity index (χ0n) is 18.1. The van der Waals surface area contributed by atoms with Crippen LogP contribution in [0.15, 0.2) is 84.0 Å². The van der Waals surface area contributed by atoms with Crippen molar-refractivity contribution in [2.75, 3.05) is 11.1 Å². The molecule has 0 fully saturated rings. The average Bonchev–Trinajstić information content (AvgIpc) is 3.25. The molecule has 1 aromatic heterocycles. The molecule has 1 amide bonds. The molecule has 0 radical (unpaired) electrons. The minimum absolute atomic E-state index is 0.104. The average molecular weight is 479 g/mol. The van der Waals surface area contributed by atoms with Gasteiger partial charge in [0.2, 0.25) is 5.91 Å². The zero-order valence-corrected chi connectivity index (χ0v) is 19.6. The molecule has 4 aromatic rings. The van der Waals surface area contributed by atoms with E-state index in [-0.39, 0.29) is 18.3 Å². The summed E-state index contributed by atoms with van der Waals surface area (Å²) in [4.78, 5) is 12.7. The summed E-state index contributed by atoms with van der Waals surface area (Å²) in [5.41, 5.74) is 2.82. The Morgan fingerprint density at radius 1 is 1.00 bits per heavy atom. The zero-order chi connectivity index (χ0) is 23.0. The summed E-state index contributed by atoms with van der Waals surface area (Å²) in [7, 11) is 0. The molecule has 33 heavy (non-hydrogen) atoms. The molecule has 0 saturated carbocycles. The predicted octanol–water partition coefficient (Wildman–Crippen LogP) is 5.93. The van der Waals surface area contributed by atoms with Crippen molar-refractivity contribution in [3.8, 4) is 16.9 Å². The van der Waals surface area contributed by atoms with Gasteiger partial charge in [-0.2, -0.15) is 0 Å².